The molecule has 0 unspecified atom stereocenters. The van der Waals surface area contributed by atoms with Crippen molar-refractivity contribution in [1.82, 2.24) is 0 Å². The fraction of sp³-hybridized carbons (Fsp3) is 0.133. The van der Waals surface area contributed by atoms with Gasteiger partial charge in [-0.15, -0.1) is 0 Å². The van der Waals surface area contributed by atoms with Gasteiger partial charge in [-0.05, 0) is 43.3 Å². The van der Waals surface area contributed by atoms with Crippen LogP contribution in [0.1, 0.15) is 5.56 Å². The van der Waals surface area contributed by atoms with Gasteiger partial charge >= 0.3 is 35.5 Å². The number of nitrogens with zero attached hydrogens (tertiary/aromatic N) is 1. The summed E-state index contributed by atoms with van der Waals surface area (Å²) < 4.78 is 24.8. The van der Waals surface area contributed by atoms with Gasteiger partial charge in [-0.1, -0.05) is 17.7 Å². The molecule has 0 radical (unpaired) electrons. The zero-order valence-electron chi connectivity index (χ0n) is 13.7. The smallest absolute Gasteiger partial charge is 0.508 e. The van der Waals surface area contributed by atoms with Gasteiger partial charge in [0, 0.05) is 10.6 Å². The van der Waals surface area contributed by atoms with Crippen molar-refractivity contribution >= 4 is 33.5 Å². The molecule has 0 saturated heterocycles. The fourth-order valence-corrected chi connectivity index (χ4v) is 2.31. The average molecular weight is 395 g/mol. The Morgan fingerprint density at radius 2 is 1.64 bits per heavy atom. The maximum Gasteiger partial charge on any atom is 1.00 e. The molecule has 7 nitrogen and oxygen atoms in total. The first kappa shape index (κ1) is 23.7. The van der Waals surface area contributed by atoms with Gasteiger partial charge in [-0.3, -0.25) is 16.6 Å². The van der Waals surface area contributed by atoms with Crippen molar-refractivity contribution in [3.63, 3.8) is 0 Å². The number of phenols is 1. The summed E-state index contributed by atoms with van der Waals surface area (Å²) in [6, 6.07) is 12.5. The first-order valence-electron chi connectivity index (χ1n) is 6.64. The second-order valence-electron chi connectivity index (χ2n) is 4.65. The minimum atomic E-state index is -3.62. The minimum Gasteiger partial charge on any atom is -0.508 e. The number of aliphatic carboxylic acids is 1. The number of sulfonamides is 1. The molecule has 0 aliphatic heterocycles. The fourth-order valence-electron chi connectivity index (χ4n) is 1.51. The van der Waals surface area contributed by atoms with E-state index in [0.29, 0.717) is 5.69 Å². The van der Waals surface area contributed by atoms with E-state index in [4.69, 9.17) is 22.0 Å². The van der Waals surface area contributed by atoms with Gasteiger partial charge in [0.2, 0.25) is 0 Å². The average Bonchev–Trinajstić information content (AvgIpc) is 2.55. The number of anilines is 1. The summed E-state index contributed by atoms with van der Waals surface area (Å²) in [4.78, 5) is 10.2. The third kappa shape index (κ3) is 9.10. The summed E-state index contributed by atoms with van der Waals surface area (Å²) >= 11 is 4.90. The normalized spacial score (nSPS) is 10.0. The number of nitrogens with one attached hydrogen (secondary N) is 1. The van der Waals surface area contributed by atoms with Crippen LogP contribution in [0, 0.1) is 6.92 Å². The number of phenolic OH excluding ortho intramolecular Hbond substituents is 1. The maximum atomic E-state index is 11.0. The Morgan fingerprint density at radius 1 is 1.12 bits per heavy atom. The van der Waals surface area contributed by atoms with Crippen LogP contribution in [0.2, 0.25) is 0 Å². The summed E-state index contributed by atoms with van der Waals surface area (Å²) in [5.41, 5.74) is 1.67. The van der Waals surface area contributed by atoms with Gasteiger partial charge in [0.05, 0.1) is 0 Å². The third-order valence-corrected chi connectivity index (χ3v) is 4.32. The van der Waals surface area contributed by atoms with Crippen molar-refractivity contribution < 1.29 is 53.0 Å². The number of carbonyl (C=O) groups is 1. The molecule has 2 aromatic rings. The van der Waals surface area contributed by atoms with Gasteiger partial charge in [0.1, 0.15) is 22.3 Å². The van der Waals surface area contributed by atoms with Crippen molar-refractivity contribution in [3.8, 4) is 5.75 Å². The summed E-state index contributed by atoms with van der Waals surface area (Å²) in [6.07, 6.45) is 0. The minimum absolute atomic E-state index is 0. The van der Waals surface area contributed by atoms with E-state index < -0.39 is 16.0 Å². The second kappa shape index (κ2) is 11.3. The molecule has 0 heterocycles. The van der Waals surface area contributed by atoms with Crippen molar-refractivity contribution in [2.24, 2.45) is 0 Å². The Labute approximate surface area is 173 Å². The number of aryl methyl sites for hydroxylation is 1. The van der Waals surface area contributed by atoms with Gasteiger partial charge in [0.15, 0.2) is 0 Å². The van der Waals surface area contributed by atoms with Gasteiger partial charge < -0.3 is 19.8 Å². The Hall–Kier alpha value is -1.29. The first-order valence-corrected chi connectivity index (χ1v) is 8.42. The van der Waals surface area contributed by atoms with Crippen LogP contribution in [0.4, 0.5) is 5.69 Å². The number of benzene rings is 2. The van der Waals surface area contributed by atoms with Gasteiger partial charge in [-0.25, -0.2) is 8.42 Å². The maximum absolute atomic E-state index is 11.0. The SMILES string of the molecule is Cc1ccc(S(=O)(=O)[N-]Cl)cc1.O=C(O)CNc1ccc(O)cc1.[Na+]. The van der Waals surface area contributed by atoms with Crippen molar-refractivity contribution in [3.05, 3.63) is 58.3 Å². The molecule has 10 heteroatoms. The monoisotopic (exact) mass is 394 g/mol. The second-order valence-corrected chi connectivity index (χ2v) is 6.62. The van der Waals surface area contributed by atoms with Crippen molar-refractivity contribution in [2.75, 3.05) is 11.9 Å². The number of hydrogen-bond acceptors (Lipinski definition) is 5. The molecule has 25 heavy (non-hydrogen) atoms. The van der Waals surface area contributed by atoms with E-state index in [-0.39, 0.29) is 46.7 Å². The Balaban J connectivity index is 0.000000443. The molecule has 0 saturated carbocycles. The molecule has 0 fully saturated rings. The number of carboxylic acids is 1. The van der Waals surface area contributed by atoms with E-state index >= 15 is 0 Å². The van der Waals surface area contributed by atoms with Crippen LogP contribution in [0.15, 0.2) is 53.4 Å². The topological polar surface area (TPSA) is 118 Å². The van der Waals surface area contributed by atoms with E-state index in [9.17, 15) is 13.2 Å². The van der Waals surface area contributed by atoms with Crippen molar-refractivity contribution in [2.45, 2.75) is 11.8 Å². The van der Waals surface area contributed by atoms with Crippen LogP contribution in [0.3, 0.4) is 0 Å². The molecule has 0 bridgehead atoms. The van der Waals surface area contributed by atoms with E-state index in [1.165, 1.54) is 24.3 Å². The first-order chi connectivity index (χ1) is 11.2. The molecular weight excluding hydrogens is 379 g/mol. The molecule has 0 aromatic heterocycles. The Morgan fingerprint density at radius 3 is 2.08 bits per heavy atom. The van der Waals surface area contributed by atoms with Crippen LogP contribution >= 0.6 is 11.8 Å². The number of carboxylic acid groups (broad SMARTS) is 1. The largest absolute Gasteiger partial charge is 1.00 e. The Bertz CT molecular complexity index is 768. The zero-order valence-corrected chi connectivity index (χ0v) is 17.3. The number of rotatable bonds is 5. The molecule has 0 atom stereocenters. The van der Waals surface area contributed by atoms with Crippen LogP contribution < -0.4 is 34.9 Å². The molecule has 0 spiro atoms. The van der Waals surface area contributed by atoms with Crippen LogP contribution in [-0.4, -0.2) is 31.1 Å². The predicted molar refractivity (Wildman–Crippen MR) is 91.8 cm³/mol. The van der Waals surface area contributed by atoms with Gasteiger partial charge in [-0.2, -0.15) is 0 Å². The number of aromatic hydroxyl groups is 1. The summed E-state index contributed by atoms with van der Waals surface area (Å²) in [7, 11) is -3.62. The van der Waals surface area contributed by atoms with Crippen LogP contribution in [0.5, 0.6) is 5.75 Å². The van der Waals surface area contributed by atoms with Gasteiger partial charge in [0.25, 0.3) is 0 Å². The quantitative estimate of drug-likeness (QED) is 0.489. The molecule has 0 amide bonds. The predicted octanol–water partition coefficient (Wildman–Crippen LogP) is 0.104. The van der Waals surface area contributed by atoms with Crippen molar-refractivity contribution in [1.29, 1.82) is 0 Å². The van der Waals surface area contributed by atoms with E-state index in [1.54, 1.807) is 24.3 Å². The standard InChI is InChI=1S/C8H9NO3.C7H7ClNO2S.Na/c10-7-3-1-6(2-4-7)9-5-8(11)12;1-6-2-4-7(5-3-6)12(10,11)9-8;/h1-4,9-10H,5H2,(H,11,12);2-5H,1H3;/q;-1;+1. The molecular formula is C15H16ClN2NaO5S. The molecule has 0 aliphatic carbocycles. The summed E-state index contributed by atoms with van der Waals surface area (Å²) in [5.74, 6) is -0.751. The number of hydrogen-bond donors (Lipinski definition) is 3. The third-order valence-electron chi connectivity index (χ3n) is 2.72. The molecule has 3 N–H and O–H groups in total. The number of halogens is 1. The van der Waals surface area contributed by atoms with Crippen LogP contribution in [0.25, 0.3) is 4.24 Å². The molecule has 2 aromatic carbocycles. The molecule has 130 valence electrons. The van der Waals surface area contributed by atoms with E-state index in [0.717, 1.165) is 5.56 Å². The van der Waals surface area contributed by atoms with Crippen LogP contribution in [-0.2, 0) is 14.8 Å². The van der Waals surface area contributed by atoms with E-state index in [2.05, 4.69) is 9.56 Å². The summed E-state index contributed by atoms with van der Waals surface area (Å²) in [5, 5.41) is 19.9. The Kier molecular flexibility index (Phi) is 10.8. The summed E-state index contributed by atoms with van der Waals surface area (Å²) in [6.45, 7) is 1.75. The molecule has 0 aliphatic rings. The molecule has 2 rings (SSSR count). The zero-order chi connectivity index (χ0) is 18.2. The van der Waals surface area contributed by atoms with E-state index in [1.807, 2.05) is 6.92 Å².